The number of halogens is 1. The van der Waals surface area contributed by atoms with Crippen molar-refractivity contribution >= 4 is 11.6 Å². The van der Waals surface area contributed by atoms with Crippen molar-refractivity contribution in [3.8, 4) is 0 Å². The first-order chi connectivity index (χ1) is 6.70. The molecule has 0 saturated carbocycles. The van der Waals surface area contributed by atoms with Gasteiger partial charge in [-0.3, -0.25) is 0 Å². The average Bonchev–Trinajstić information content (AvgIpc) is 2.51. The topological polar surface area (TPSA) is 29.9 Å². The molecule has 4 heteroatoms. The molecule has 0 amide bonds. The second-order valence-corrected chi connectivity index (χ2v) is 4.23. The number of nitrogens with one attached hydrogen (secondary N) is 1. The van der Waals surface area contributed by atoms with Gasteiger partial charge in [-0.05, 0) is 26.8 Å². The fourth-order valence-corrected chi connectivity index (χ4v) is 1.37. The van der Waals surface area contributed by atoms with Crippen molar-refractivity contribution < 1.29 is 0 Å². The van der Waals surface area contributed by atoms with E-state index in [9.17, 15) is 0 Å². The first-order valence-electron chi connectivity index (χ1n) is 5.02. The average molecular weight is 216 g/mol. The zero-order valence-corrected chi connectivity index (χ0v) is 9.59. The second kappa shape index (κ2) is 6.04. The van der Waals surface area contributed by atoms with Gasteiger partial charge in [0.2, 0.25) is 0 Å². The Morgan fingerprint density at radius 3 is 2.93 bits per heavy atom. The Morgan fingerprint density at radius 1 is 1.57 bits per heavy atom. The van der Waals surface area contributed by atoms with Gasteiger partial charge in [0.15, 0.2) is 0 Å². The summed E-state index contributed by atoms with van der Waals surface area (Å²) >= 11 is 5.83. The smallest absolute Gasteiger partial charge is 0.105 e. The summed E-state index contributed by atoms with van der Waals surface area (Å²) in [5, 5.41) is 3.61. The van der Waals surface area contributed by atoms with E-state index < -0.39 is 0 Å². The van der Waals surface area contributed by atoms with Gasteiger partial charge in [0.1, 0.15) is 5.82 Å². The lowest BCUT2D eigenvalue weighted by Gasteiger charge is -2.07. The van der Waals surface area contributed by atoms with Gasteiger partial charge in [-0.15, -0.1) is 11.6 Å². The van der Waals surface area contributed by atoms with Crippen molar-refractivity contribution in [3.05, 3.63) is 18.2 Å². The highest BCUT2D eigenvalue weighted by molar-refractivity contribution is 6.20. The number of nitrogens with zero attached hydrogens (tertiary/aromatic N) is 2. The molecule has 0 aliphatic heterocycles. The van der Waals surface area contributed by atoms with Crippen molar-refractivity contribution in [2.24, 2.45) is 0 Å². The maximum Gasteiger partial charge on any atom is 0.105 e. The van der Waals surface area contributed by atoms with Crippen LogP contribution in [0.5, 0.6) is 0 Å². The van der Waals surface area contributed by atoms with Crippen LogP contribution in [0.3, 0.4) is 0 Å². The summed E-state index contributed by atoms with van der Waals surface area (Å²) in [6.07, 6.45) is 4.85. The number of hydrogen-bond donors (Lipinski definition) is 1. The third-order valence-corrected chi connectivity index (χ3v) is 2.39. The molecule has 1 unspecified atom stereocenters. The molecule has 0 aliphatic rings. The molecule has 1 rings (SSSR count). The summed E-state index contributed by atoms with van der Waals surface area (Å²) < 4.78 is 2.14. The van der Waals surface area contributed by atoms with Crippen LogP contribution in [0.15, 0.2) is 12.4 Å². The number of hydrogen-bond acceptors (Lipinski definition) is 2. The Labute approximate surface area is 90.5 Å². The van der Waals surface area contributed by atoms with Gasteiger partial charge in [-0.2, -0.15) is 0 Å². The van der Waals surface area contributed by atoms with Gasteiger partial charge in [0.05, 0.1) is 0 Å². The Hall–Kier alpha value is -0.540. The highest BCUT2D eigenvalue weighted by Crippen LogP contribution is 1.97. The van der Waals surface area contributed by atoms with Crippen LogP contribution in [0.1, 0.15) is 19.2 Å². The van der Waals surface area contributed by atoms with E-state index in [1.54, 1.807) is 0 Å². The molecule has 1 heterocycles. The lowest BCUT2D eigenvalue weighted by Crippen LogP contribution is -2.22. The van der Waals surface area contributed by atoms with Gasteiger partial charge in [-0.1, -0.05) is 0 Å². The standard InChI is InChI=1S/C10H18ClN3/c1-9(11)3-4-12-5-7-14-8-6-13-10(14)2/h6,8-9,12H,3-5,7H2,1-2H3. The van der Waals surface area contributed by atoms with Gasteiger partial charge in [0, 0.05) is 30.9 Å². The molecule has 80 valence electrons. The summed E-state index contributed by atoms with van der Waals surface area (Å²) in [5.74, 6) is 1.07. The largest absolute Gasteiger partial charge is 0.334 e. The van der Waals surface area contributed by atoms with Crippen LogP contribution in [0.25, 0.3) is 0 Å². The Balaban J connectivity index is 2.08. The number of aryl methyl sites for hydroxylation is 1. The molecule has 0 spiro atoms. The number of imidazole rings is 1. The van der Waals surface area contributed by atoms with Crippen LogP contribution < -0.4 is 5.32 Å². The molecule has 0 aliphatic carbocycles. The molecule has 3 nitrogen and oxygen atoms in total. The first kappa shape index (κ1) is 11.5. The zero-order chi connectivity index (χ0) is 10.4. The van der Waals surface area contributed by atoms with E-state index in [0.29, 0.717) is 0 Å². The number of rotatable bonds is 6. The highest BCUT2D eigenvalue weighted by Gasteiger charge is 1.97. The molecular weight excluding hydrogens is 198 g/mol. The van der Waals surface area contributed by atoms with Crippen LogP contribution in [-0.2, 0) is 6.54 Å². The molecule has 1 N–H and O–H groups in total. The molecular formula is C10H18ClN3. The van der Waals surface area contributed by atoms with E-state index in [2.05, 4.69) is 14.9 Å². The summed E-state index contributed by atoms with van der Waals surface area (Å²) in [6.45, 7) is 6.96. The molecule has 0 fully saturated rings. The minimum atomic E-state index is 0.262. The van der Waals surface area contributed by atoms with Crippen molar-refractivity contribution in [2.75, 3.05) is 13.1 Å². The van der Waals surface area contributed by atoms with Gasteiger partial charge in [0.25, 0.3) is 0 Å². The molecule has 0 aromatic carbocycles. The summed E-state index contributed by atoms with van der Waals surface area (Å²) in [5.41, 5.74) is 0. The number of aromatic nitrogens is 2. The van der Waals surface area contributed by atoms with E-state index in [4.69, 9.17) is 11.6 Å². The maximum absolute atomic E-state index is 5.83. The Kier molecular flexibility index (Phi) is 4.98. The quantitative estimate of drug-likeness (QED) is 0.580. The molecule has 1 atom stereocenters. The lowest BCUT2D eigenvalue weighted by atomic mass is 10.3. The lowest BCUT2D eigenvalue weighted by molar-refractivity contribution is 0.574. The van der Waals surface area contributed by atoms with Gasteiger partial charge in [-0.25, -0.2) is 4.98 Å². The predicted molar refractivity (Wildman–Crippen MR) is 59.8 cm³/mol. The highest BCUT2D eigenvalue weighted by atomic mass is 35.5. The van der Waals surface area contributed by atoms with E-state index in [1.165, 1.54) is 0 Å². The zero-order valence-electron chi connectivity index (χ0n) is 8.83. The van der Waals surface area contributed by atoms with Crippen molar-refractivity contribution in [1.29, 1.82) is 0 Å². The van der Waals surface area contributed by atoms with Crippen molar-refractivity contribution in [3.63, 3.8) is 0 Å². The molecule has 0 radical (unpaired) electrons. The third kappa shape index (κ3) is 4.11. The molecule has 14 heavy (non-hydrogen) atoms. The summed E-state index contributed by atoms with van der Waals surface area (Å²) in [7, 11) is 0. The molecule has 0 bridgehead atoms. The molecule has 1 aromatic rings. The SMILES string of the molecule is Cc1nccn1CCNCCC(C)Cl. The monoisotopic (exact) mass is 215 g/mol. The minimum Gasteiger partial charge on any atom is -0.334 e. The summed E-state index contributed by atoms with van der Waals surface area (Å²) in [4.78, 5) is 4.16. The van der Waals surface area contributed by atoms with E-state index in [0.717, 1.165) is 31.9 Å². The Bertz CT molecular complexity index is 258. The summed E-state index contributed by atoms with van der Waals surface area (Å²) in [6, 6.07) is 0. The second-order valence-electron chi connectivity index (χ2n) is 3.49. The maximum atomic E-state index is 5.83. The first-order valence-corrected chi connectivity index (χ1v) is 5.46. The minimum absolute atomic E-state index is 0.262. The van der Waals surface area contributed by atoms with Crippen molar-refractivity contribution in [2.45, 2.75) is 32.2 Å². The molecule has 1 aromatic heterocycles. The van der Waals surface area contributed by atoms with Crippen LogP contribution >= 0.6 is 11.6 Å². The van der Waals surface area contributed by atoms with E-state index in [1.807, 2.05) is 26.2 Å². The van der Waals surface area contributed by atoms with Crippen LogP contribution in [0.4, 0.5) is 0 Å². The normalized spacial score (nSPS) is 13.1. The fraction of sp³-hybridized carbons (Fsp3) is 0.700. The van der Waals surface area contributed by atoms with Crippen LogP contribution in [0.2, 0.25) is 0 Å². The predicted octanol–water partition coefficient (Wildman–Crippen LogP) is 1.80. The third-order valence-electron chi connectivity index (χ3n) is 2.17. The number of alkyl halides is 1. The van der Waals surface area contributed by atoms with E-state index in [-0.39, 0.29) is 5.38 Å². The fourth-order valence-electron chi connectivity index (χ4n) is 1.27. The van der Waals surface area contributed by atoms with Crippen LogP contribution in [0, 0.1) is 6.92 Å². The molecule has 0 saturated heterocycles. The van der Waals surface area contributed by atoms with E-state index >= 15 is 0 Å². The van der Waals surface area contributed by atoms with Crippen molar-refractivity contribution in [1.82, 2.24) is 14.9 Å². The van der Waals surface area contributed by atoms with Gasteiger partial charge >= 0.3 is 0 Å². The van der Waals surface area contributed by atoms with Gasteiger partial charge < -0.3 is 9.88 Å². The van der Waals surface area contributed by atoms with Crippen LogP contribution in [-0.4, -0.2) is 28.0 Å². The Morgan fingerprint density at radius 2 is 2.36 bits per heavy atom.